The van der Waals surface area contributed by atoms with Crippen LogP contribution in [-0.4, -0.2) is 32.2 Å². The highest BCUT2D eigenvalue weighted by Crippen LogP contribution is 2.17. The van der Waals surface area contributed by atoms with E-state index in [0.717, 1.165) is 23.4 Å². The molecule has 0 saturated heterocycles. The fourth-order valence-corrected chi connectivity index (χ4v) is 3.05. The van der Waals surface area contributed by atoms with Crippen LogP contribution in [0.2, 0.25) is 0 Å². The molecule has 1 heterocycles. The van der Waals surface area contributed by atoms with E-state index in [9.17, 15) is 4.79 Å². The fourth-order valence-electron chi connectivity index (χ4n) is 2.40. The maximum absolute atomic E-state index is 12.0. The monoisotopic (exact) mass is 395 g/mol. The molecule has 0 atom stereocenters. The van der Waals surface area contributed by atoms with Crippen molar-refractivity contribution in [3.8, 4) is 0 Å². The van der Waals surface area contributed by atoms with Gasteiger partial charge in [-0.05, 0) is 24.1 Å². The molecule has 2 aromatic carbocycles. The van der Waals surface area contributed by atoms with Crippen molar-refractivity contribution in [2.45, 2.75) is 18.5 Å². The van der Waals surface area contributed by atoms with Crippen LogP contribution in [0, 0.1) is 0 Å². The zero-order valence-electron chi connectivity index (χ0n) is 15.4. The molecule has 0 saturated carbocycles. The van der Waals surface area contributed by atoms with Crippen molar-refractivity contribution >= 4 is 35.0 Å². The largest absolute Gasteiger partial charge is 0.334 e. The van der Waals surface area contributed by atoms with Crippen LogP contribution in [0.25, 0.3) is 0 Å². The quantitative estimate of drug-likeness (QED) is 0.234. The molecule has 8 nitrogen and oxygen atoms in total. The van der Waals surface area contributed by atoms with Gasteiger partial charge in [-0.1, -0.05) is 67.2 Å². The van der Waals surface area contributed by atoms with Crippen molar-refractivity contribution in [2.24, 2.45) is 5.10 Å². The lowest BCUT2D eigenvalue weighted by atomic mass is 10.1. The third-order valence-corrected chi connectivity index (χ3v) is 4.73. The van der Waals surface area contributed by atoms with E-state index in [2.05, 4.69) is 26.0 Å². The van der Waals surface area contributed by atoms with E-state index in [1.807, 2.05) is 67.6 Å². The molecule has 3 rings (SSSR count). The Morgan fingerprint density at radius 3 is 2.46 bits per heavy atom. The Morgan fingerprint density at radius 1 is 1.11 bits per heavy atom. The van der Waals surface area contributed by atoms with E-state index in [4.69, 9.17) is 5.84 Å². The highest BCUT2D eigenvalue weighted by molar-refractivity contribution is 7.99. The third-order valence-electron chi connectivity index (χ3n) is 3.79. The van der Waals surface area contributed by atoms with Gasteiger partial charge in [0.05, 0.1) is 11.5 Å². The molecule has 1 amide bonds. The fraction of sp³-hybridized carbons (Fsp3) is 0.158. The summed E-state index contributed by atoms with van der Waals surface area (Å²) in [7, 11) is 0. The summed E-state index contributed by atoms with van der Waals surface area (Å²) in [4.78, 5) is 12.0. The first-order chi connectivity index (χ1) is 13.7. The number of nitrogens with zero attached hydrogens (tertiary/aromatic N) is 4. The molecule has 28 heavy (non-hydrogen) atoms. The van der Waals surface area contributed by atoms with Gasteiger partial charge in [-0.3, -0.25) is 4.79 Å². The molecule has 1 aromatic heterocycles. The average molecular weight is 395 g/mol. The Labute approximate surface area is 167 Å². The zero-order valence-corrected chi connectivity index (χ0v) is 16.2. The standard InChI is InChI=1S/C19H21N7OS/c1-2-16(14-9-5-3-6-10-14)22-23-18-24-25-19(26(18)20)28-13-17(27)21-15-11-7-4-8-12-15/h3-12H,2,13,20H2,1H3,(H,21,27)(H,23,24)/b22-16+. The topological polar surface area (TPSA) is 110 Å². The number of para-hydroxylation sites is 1. The van der Waals surface area contributed by atoms with Crippen LogP contribution in [0.3, 0.4) is 0 Å². The van der Waals surface area contributed by atoms with Crippen LogP contribution in [0.1, 0.15) is 18.9 Å². The highest BCUT2D eigenvalue weighted by Gasteiger charge is 2.12. The molecule has 0 fully saturated rings. The molecule has 0 radical (unpaired) electrons. The number of amides is 1. The lowest BCUT2D eigenvalue weighted by Crippen LogP contribution is -2.17. The minimum atomic E-state index is -0.149. The molecule has 4 N–H and O–H groups in total. The summed E-state index contributed by atoms with van der Waals surface area (Å²) in [6.07, 6.45) is 0.747. The molecule has 9 heteroatoms. The zero-order chi connectivity index (χ0) is 19.8. The van der Waals surface area contributed by atoms with Gasteiger partial charge in [0.2, 0.25) is 11.1 Å². The van der Waals surface area contributed by atoms with Gasteiger partial charge >= 0.3 is 0 Å². The second kappa shape index (κ2) is 9.56. The molecule has 3 aromatic rings. The lowest BCUT2D eigenvalue weighted by Gasteiger charge is -2.06. The van der Waals surface area contributed by atoms with Gasteiger partial charge < -0.3 is 11.2 Å². The van der Waals surface area contributed by atoms with Gasteiger partial charge in [0.1, 0.15) is 0 Å². The van der Waals surface area contributed by atoms with E-state index in [1.165, 1.54) is 16.4 Å². The molecule has 0 spiro atoms. The maximum Gasteiger partial charge on any atom is 0.264 e. The molecule has 0 aliphatic heterocycles. The van der Waals surface area contributed by atoms with E-state index < -0.39 is 0 Å². The van der Waals surface area contributed by atoms with E-state index in [0.29, 0.717) is 11.1 Å². The number of benzene rings is 2. The Kier molecular flexibility index (Phi) is 6.64. The number of nitrogens with one attached hydrogen (secondary N) is 2. The van der Waals surface area contributed by atoms with Crippen molar-refractivity contribution in [3.05, 3.63) is 66.2 Å². The summed E-state index contributed by atoms with van der Waals surface area (Å²) in [5, 5.41) is 15.6. The van der Waals surface area contributed by atoms with Crippen molar-refractivity contribution in [1.82, 2.24) is 14.9 Å². The van der Waals surface area contributed by atoms with Crippen LogP contribution >= 0.6 is 11.8 Å². The first kappa shape index (κ1) is 19.4. The van der Waals surface area contributed by atoms with Crippen LogP contribution in [0.15, 0.2) is 70.9 Å². The number of nitrogens with two attached hydrogens (primary N) is 1. The SMILES string of the molecule is CC/C(=N\Nc1nnc(SCC(=O)Nc2ccccc2)n1N)c1ccccc1. The van der Waals surface area contributed by atoms with E-state index in [-0.39, 0.29) is 11.7 Å². The number of carbonyl (C=O) groups excluding carboxylic acids is 1. The van der Waals surface area contributed by atoms with Gasteiger partial charge in [-0.15, -0.1) is 10.2 Å². The van der Waals surface area contributed by atoms with Gasteiger partial charge in [0.15, 0.2) is 0 Å². The summed E-state index contributed by atoms with van der Waals surface area (Å²) in [6.45, 7) is 2.02. The number of hydrogen-bond donors (Lipinski definition) is 3. The molecule has 0 aliphatic carbocycles. The lowest BCUT2D eigenvalue weighted by molar-refractivity contribution is -0.113. The first-order valence-corrected chi connectivity index (χ1v) is 9.72. The third kappa shape index (κ3) is 5.10. The van der Waals surface area contributed by atoms with Crippen LogP contribution in [-0.2, 0) is 4.79 Å². The second-order valence-electron chi connectivity index (χ2n) is 5.77. The summed E-state index contributed by atoms with van der Waals surface area (Å²) in [5.74, 6) is 6.33. The summed E-state index contributed by atoms with van der Waals surface area (Å²) < 4.78 is 1.28. The van der Waals surface area contributed by atoms with E-state index >= 15 is 0 Å². The average Bonchev–Trinajstić information content (AvgIpc) is 3.08. The minimum absolute atomic E-state index is 0.149. The summed E-state index contributed by atoms with van der Waals surface area (Å²) in [5.41, 5.74) is 5.49. The molecule has 0 aliphatic rings. The van der Waals surface area contributed by atoms with Crippen molar-refractivity contribution in [3.63, 3.8) is 0 Å². The van der Waals surface area contributed by atoms with Crippen molar-refractivity contribution < 1.29 is 4.79 Å². The second-order valence-corrected chi connectivity index (χ2v) is 6.71. The number of hydrazone groups is 1. The highest BCUT2D eigenvalue weighted by atomic mass is 32.2. The normalized spacial score (nSPS) is 11.2. The van der Waals surface area contributed by atoms with Crippen molar-refractivity contribution in [2.75, 3.05) is 22.3 Å². The van der Waals surface area contributed by atoms with Crippen LogP contribution in [0.5, 0.6) is 0 Å². The van der Waals surface area contributed by atoms with Crippen molar-refractivity contribution in [1.29, 1.82) is 0 Å². The Bertz CT molecular complexity index is 941. The van der Waals surface area contributed by atoms with Gasteiger partial charge in [0.25, 0.3) is 5.95 Å². The minimum Gasteiger partial charge on any atom is -0.334 e. The molecule has 0 bridgehead atoms. The number of thioether (sulfide) groups is 1. The number of carbonyl (C=O) groups is 1. The predicted octanol–water partition coefficient (Wildman–Crippen LogP) is 2.95. The number of hydrogen-bond acceptors (Lipinski definition) is 7. The molecular formula is C19H21N7OS. The Hall–Kier alpha value is -3.33. The van der Waals surface area contributed by atoms with E-state index in [1.54, 1.807) is 0 Å². The predicted molar refractivity (Wildman–Crippen MR) is 113 cm³/mol. The summed E-state index contributed by atoms with van der Waals surface area (Å²) >= 11 is 1.20. The van der Waals surface area contributed by atoms with Gasteiger partial charge in [-0.25, -0.2) is 10.1 Å². The Balaban J connectivity index is 1.59. The molecule has 144 valence electrons. The molecular weight excluding hydrogens is 374 g/mol. The smallest absolute Gasteiger partial charge is 0.264 e. The van der Waals surface area contributed by atoms with Gasteiger partial charge in [-0.2, -0.15) is 5.10 Å². The van der Waals surface area contributed by atoms with Crippen LogP contribution in [0.4, 0.5) is 11.6 Å². The Morgan fingerprint density at radius 2 is 1.79 bits per heavy atom. The van der Waals surface area contributed by atoms with Crippen LogP contribution < -0.4 is 16.6 Å². The number of aromatic nitrogens is 3. The number of rotatable bonds is 8. The molecule has 0 unspecified atom stereocenters. The first-order valence-electron chi connectivity index (χ1n) is 8.73. The maximum atomic E-state index is 12.0. The van der Waals surface area contributed by atoms with Gasteiger partial charge in [0, 0.05) is 5.69 Å². The number of anilines is 2. The number of nitrogen functional groups attached to an aromatic ring is 1. The summed E-state index contributed by atoms with van der Waals surface area (Å²) in [6, 6.07) is 19.1.